The molecule has 0 aromatic carbocycles. The topological polar surface area (TPSA) is 55.6 Å². The Hall–Kier alpha value is -0.260. The quantitative estimate of drug-likeness (QED) is 0.793. The summed E-state index contributed by atoms with van der Waals surface area (Å²) in [6.07, 6.45) is 3.00. The van der Waals surface area contributed by atoms with Crippen LogP contribution in [0.4, 0.5) is 0 Å². The normalized spacial score (nSPS) is 27.9. The lowest BCUT2D eigenvalue weighted by molar-refractivity contribution is -0.144. The van der Waals surface area contributed by atoms with Gasteiger partial charge in [-0.3, -0.25) is 4.79 Å². The molecule has 5 heteroatoms. The summed E-state index contributed by atoms with van der Waals surface area (Å²) in [4.78, 5) is 13.9. The lowest BCUT2D eigenvalue weighted by Crippen LogP contribution is -2.53. The molecule has 0 aromatic rings. The number of carbonyl (C=O) groups excluding carboxylic acids is 1. The molecule has 0 bridgehead atoms. The second-order valence-electron chi connectivity index (χ2n) is 4.39. The minimum Gasteiger partial charge on any atom is -0.372 e. The molecule has 2 unspecified atom stereocenters. The lowest BCUT2D eigenvalue weighted by atomic mass is 10.1. The number of nitrogens with two attached hydrogens (primary N) is 1. The summed E-state index contributed by atoms with van der Waals surface area (Å²) >= 11 is 1.72. The largest absolute Gasteiger partial charge is 0.372 e. The summed E-state index contributed by atoms with van der Waals surface area (Å²) in [7, 11) is 0. The van der Waals surface area contributed by atoms with Crippen molar-refractivity contribution >= 4 is 17.7 Å². The van der Waals surface area contributed by atoms with Crippen molar-refractivity contribution in [3.8, 4) is 0 Å². The predicted octanol–water partition coefficient (Wildman–Crippen LogP) is 0.703. The fourth-order valence-electron chi connectivity index (χ4n) is 1.96. The van der Waals surface area contributed by atoms with Crippen LogP contribution in [0.2, 0.25) is 0 Å². The minimum atomic E-state index is -0.357. The van der Waals surface area contributed by atoms with Crippen LogP contribution in [-0.2, 0) is 9.53 Å². The molecule has 16 heavy (non-hydrogen) atoms. The van der Waals surface area contributed by atoms with E-state index < -0.39 is 0 Å². The van der Waals surface area contributed by atoms with Crippen molar-refractivity contribution in [1.82, 2.24) is 4.90 Å². The van der Waals surface area contributed by atoms with Crippen molar-refractivity contribution in [2.24, 2.45) is 5.73 Å². The van der Waals surface area contributed by atoms with Gasteiger partial charge in [0.1, 0.15) is 0 Å². The summed E-state index contributed by atoms with van der Waals surface area (Å²) in [5, 5.41) is 0. The fraction of sp³-hybridized carbons (Fsp3) is 0.909. The van der Waals surface area contributed by atoms with Crippen molar-refractivity contribution in [1.29, 1.82) is 0 Å². The third-order valence-electron chi connectivity index (χ3n) is 2.68. The van der Waals surface area contributed by atoms with Crippen molar-refractivity contribution < 1.29 is 9.53 Å². The lowest BCUT2D eigenvalue weighted by Gasteiger charge is -2.36. The van der Waals surface area contributed by atoms with E-state index in [-0.39, 0.29) is 24.2 Å². The average molecular weight is 246 g/mol. The van der Waals surface area contributed by atoms with E-state index >= 15 is 0 Å². The number of hydrogen-bond acceptors (Lipinski definition) is 4. The molecule has 2 N–H and O–H groups in total. The van der Waals surface area contributed by atoms with Crippen molar-refractivity contribution in [2.75, 3.05) is 25.1 Å². The summed E-state index contributed by atoms with van der Waals surface area (Å²) in [5.41, 5.74) is 5.88. The van der Waals surface area contributed by atoms with E-state index in [0.717, 1.165) is 12.2 Å². The van der Waals surface area contributed by atoms with Gasteiger partial charge in [-0.1, -0.05) is 0 Å². The van der Waals surface area contributed by atoms with Crippen molar-refractivity contribution in [3.63, 3.8) is 0 Å². The number of thioether (sulfide) groups is 1. The monoisotopic (exact) mass is 246 g/mol. The van der Waals surface area contributed by atoms with Gasteiger partial charge in [-0.2, -0.15) is 11.8 Å². The van der Waals surface area contributed by atoms with Crippen LogP contribution >= 0.6 is 11.8 Å². The van der Waals surface area contributed by atoms with Gasteiger partial charge in [-0.05, 0) is 32.3 Å². The zero-order valence-corrected chi connectivity index (χ0v) is 11.1. The number of rotatable bonds is 4. The highest BCUT2D eigenvalue weighted by Gasteiger charge is 2.28. The van der Waals surface area contributed by atoms with Gasteiger partial charge in [0.2, 0.25) is 5.91 Å². The fourth-order valence-corrected chi connectivity index (χ4v) is 2.45. The van der Waals surface area contributed by atoms with E-state index in [9.17, 15) is 4.79 Å². The third-order valence-corrected chi connectivity index (χ3v) is 3.33. The van der Waals surface area contributed by atoms with Crippen LogP contribution in [-0.4, -0.2) is 54.2 Å². The van der Waals surface area contributed by atoms with Crippen LogP contribution in [0, 0.1) is 0 Å². The Morgan fingerprint density at radius 3 is 2.56 bits per heavy atom. The maximum absolute atomic E-state index is 12.0. The highest BCUT2D eigenvalue weighted by atomic mass is 32.2. The third kappa shape index (κ3) is 3.96. The highest BCUT2D eigenvalue weighted by Crippen LogP contribution is 2.12. The van der Waals surface area contributed by atoms with Crippen LogP contribution in [0.3, 0.4) is 0 Å². The smallest absolute Gasteiger partial charge is 0.239 e. The Morgan fingerprint density at radius 1 is 1.50 bits per heavy atom. The van der Waals surface area contributed by atoms with Gasteiger partial charge in [0.25, 0.3) is 0 Å². The summed E-state index contributed by atoms with van der Waals surface area (Å²) < 4.78 is 5.59. The summed E-state index contributed by atoms with van der Waals surface area (Å²) in [5.74, 6) is 0.999. The molecular formula is C11H22N2O2S. The molecule has 1 rings (SSSR count). The SMILES string of the molecule is CSCC[C@@H](N)C(=O)N1CC(C)OC(C)C1. The maximum Gasteiger partial charge on any atom is 0.239 e. The van der Waals surface area contributed by atoms with E-state index in [1.807, 2.05) is 25.0 Å². The predicted molar refractivity (Wildman–Crippen MR) is 67.6 cm³/mol. The van der Waals surface area contributed by atoms with Gasteiger partial charge in [-0.15, -0.1) is 0 Å². The molecule has 0 radical (unpaired) electrons. The number of morpholine rings is 1. The van der Waals surface area contributed by atoms with Crippen molar-refractivity contribution in [3.05, 3.63) is 0 Å². The molecule has 4 nitrogen and oxygen atoms in total. The molecule has 1 amide bonds. The molecule has 0 spiro atoms. The van der Waals surface area contributed by atoms with Crippen LogP contribution in [0.5, 0.6) is 0 Å². The van der Waals surface area contributed by atoms with Gasteiger partial charge < -0.3 is 15.4 Å². The maximum atomic E-state index is 12.0. The molecule has 0 saturated carbocycles. The Bertz CT molecular complexity index is 228. The Balaban J connectivity index is 2.45. The molecule has 0 aromatic heterocycles. The number of carbonyl (C=O) groups is 1. The second kappa shape index (κ2) is 6.47. The molecule has 1 heterocycles. The molecule has 1 saturated heterocycles. The van der Waals surface area contributed by atoms with E-state index in [0.29, 0.717) is 13.1 Å². The molecule has 94 valence electrons. The highest BCUT2D eigenvalue weighted by molar-refractivity contribution is 7.98. The zero-order chi connectivity index (χ0) is 12.1. The minimum absolute atomic E-state index is 0.0658. The first-order valence-corrected chi connectivity index (χ1v) is 7.12. The Labute approximate surface area is 102 Å². The van der Waals surface area contributed by atoms with Gasteiger partial charge in [0.05, 0.1) is 18.2 Å². The Morgan fingerprint density at radius 2 is 2.06 bits per heavy atom. The van der Waals surface area contributed by atoms with Crippen molar-refractivity contribution in [2.45, 2.75) is 38.5 Å². The molecule has 1 fully saturated rings. The van der Waals surface area contributed by atoms with Gasteiger partial charge >= 0.3 is 0 Å². The first-order chi connectivity index (χ1) is 7.54. The van der Waals surface area contributed by atoms with Gasteiger partial charge in [0, 0.05) is 13.1 Å². The molecule has 3 atom stereocenters. The van der Waals surface area contributed by atoms with Crippen LogP contribution < -0.4 is 5.73 Å². The first-order valence-electron chi connectivity index (χ1n) is 5.73. The molecule has 0 aliphatic carbocycles. The summed E-state index contributed by atoms with van der Waals surface area (Å²) in [6.45, 7) is 5.30. The van der Waals surface area contributed by atoms with E-state index in [4.69, 9.17) is 10.5 Å². The number of nitrogens with zero attached hydrogens (tertiary/aromatic N) is 1. The van der Waals surface area contributed by atoms with Crippen LogP contribution in [0.25, 0.3) is 0 Å². The molecule has 1 aliphatic rings. The van der Waals surface area contributed by atoms with E-state index in [1.165, 1.54) is 0 Å². The van der Waals surface area contributed by atoms with Crippen LogP contribution in [0.1, 0.15) is 20.3 Å². The standard InChI is InChI=1S/C11H22N2O2S/c1-8-6-13(7-9(2)15-8)11(14)10(12)4-5-16-3/h8-10H,4-7,12H2,1-3H3/t8?,9?,10-/m1/s1. The van der Waals surface area contributed by atoms with Gasteiger partial charge in [-0.25, -0.2) is 0 Å². The number of ether oxygens (including phenoxy) is 1. The zero-order valence-electron chi connectivity index (χ0n) is 10.3. The Kier molecular flexibility index (Phi) is 5.58. The van der Waals surface area contributed by atoms with Crippen LogP contribution in [0.15, 0.2) is 0 Å². The van der Waals surface area contributed by atoms with E-state index in [1.54, 1.807) is 11.8 Å². The summed E-state index contributed by atoms with van der Waals surface area (Å²) in [6, 6.07) is -0.357. The molecule has 1 aliphatic heterocycles. The number of amides is 1. The van der Waals surface area contributed by atoms with E-state index in [2.05, 4.69) is 0 Å². The van der Waals surface area contributed by atoms with Gasteiger partial charge in [0.15, 0.2) is 0 Å². The molecular weight excluding hydrogens is 224 g/mol. The number of hydrogen-bond donors (Lipinski definition) is 1. The first kappa shape index (κ1) is 13.8. The average Bonchev–Trinajstić information content (AvgIpc) is 2.23. The second-order valence-corrected chi connectivity index (χ2v) is 5.37.